The minimum absolute atomic E-state index is 0.341. The summed E-state index contributed by atoms with van der Waals surface area (Å²) in [5.74, 6) is 6.16. The van der Waals surface area contributed by atoms with E-state index in [0.717, 1.165) is 5.76 Å². The second kappa shape index (κ2) is 5.95. The Balaban J connectivity index is 2.02. The van der Waals surface area contributed by atoms with E-state index in [1.54, 1.807) is 17.8 Å². The van der Waals surface area contributed by atoms with Gasteiger partial charge in [-0.15, -0.1) is 11.8 Å². The molecular weight excluding hydrogens is 260 g/mol. The zero-order chi connectivity index (χ0) is 13.8. The molecular formula is C14H16N2O2S. The molecule has 0 atom stereocenters. The number of hydrogen-bond acceptors (Lipinski definition) is 4. The number of amides is 1. The first kappa shape index (κ1) is 13.7. The van der Waals surface area contributed by atoms with E-state index < -0.39 is 0 Å². The predicted octanol–water partition coefficient (Wildman–Crippen LogP) is 2.79. The SMILES string of the molecule is Cc1ccc(SCc2cc(C(=O)NN)co2)c(C)c1. The first-order chi connectivity index (χ1) is 9.10. The number of carbonyl (C=O) groups is 1. The lowest BCUT2D eigenvalue weighted by molar-refractivity contribution is 0.0953. The molecule has 0 unspecified atom stereocenters. The van der Waals surface area contributed by atoms with Crippen LogP contribution in [0.3, 0.4) is 0 Å². The van der Waals surface area contributed by atoms with Crippen molar-refractivity contribution in [3.8, 4) is 0 Å². The number of hydrogen-bond donors (Lipinski definition) is 2. The van der Waals surface area contributed by atoms with Gasteiger partial charge in [-0.3, -0.25) is 10.2 Å². The van der Waals surface area contributed by atoms with Gasteiger partial charge in [-0.2, -0.15) is 0 Å². The van der Waals surface area contributed by atoms with Crippen LogP contribution in [0.4, 0.5) is 0 Å². The molecule has 0 radical (unpaired) electrons. The van der Waals surface area contributed by atoms with Crippen molar-refractivity contribution < 1.29 is 9.21 Å². The summed E-state index contributed by atoms with van der Waals surface area (Å²) >= 11 is 1.68. The van der Waals surface area contributed by atoms with Gasteiger partial charge in [0.2, 0.25) is 0 Å². The van der Waals surface area contributed by atoms with Crippen molar-refractivity contribution in [1.82, 2.24) is 5.43 Å². The highest BCUT2D eigenvalue weighted by Crippen LogP contribution is 2.27. The molecule has 1 amide bonds. The maximum atomic E-state index is 11.3. The van der Waals surface area contributed by atoms with Gasteiger partial charge in [-0.25, -0.2) is 5.84 Å². The molecule has 0 spiro atoms. The maximum absolute atomic E-state index is 11.3. The highest BCUT2D eigenvalue weighted by Gasteiger charge is 2.09. The van der Waals surface area contributed by atoms with Gasteiger partial charge in [-0.1, -0.05) is 17.7 Å². The molecule has 1 aromatic carbocycles. The Bertz CT molecular complexity index is 593. The van der Waals surface area contributed by atoms with Crippen LogP contribution in [0.15, 0.2) is 39.8 Å². The molecule has 4 nitrogen and oxygen atoms in total. The third kappa shape index (κ3) is 3.39. The summed E-state index contributed by atoms with van der Waals surface area (Å²) in [6.45, 7) is 4.16. The molecule has 0 saturated carbocycles. The highest BCUT2D eigenvalue weighted by atomic mass is 32.2. The summed E-state index contributed by atoms with van der Waals surface area (Å²) in [4.78, 5) is 12.5. The van der Waals surface area contributed by atoms with Gasteiger partial charge in [0.1, 0.15) is 12.0 Å². The van der Waals surface area contributed by atoms with E-state index in [4.69, 9.17) is 10.3 Å². The number of furan rings is 1. The molecule has 100 valence electrons. The average Bonchev–Trinajstić information content (AvgIpc) is 2.85. The Labute approximate surface area is 116 Å². The van der Waals surface area contributed by atoms with Crippen LogP contribution in [-0.4, -0.2) is 5.91 Å². The molecule has 3 N–H and O–H groups in total. The number of thioether (sulfide) groups is 1. The van der Waals surface area contributed by atoms with Crippen molar-refractivity contribution in [1.29, 1.82) is 0 Å². The Morgan fingerprint density at radius 2 is 2.16 bits per heavy atom. The van der Waals surface area contributed by atoms with Gasteiger partial charge < -0.3 is 4.42 Å². The third-order valence-electron chi connectivity index (χ3n) is 2.75. The molecule has 2 aromatic rings. The first-order valence-corrected chi connectivity index (χ1v) is 6.87. The van der Waals surface area contributed by atoms with Crippen LogP contribution in [0.1, 0.15) is 27.2 Å². The summed E-state index contributed by atoms with van der Waals surface area (Å²) < 4.78 is 5.34. The fraction of sp³-hybridized carbons (Fsp3) is 0.214. The van der Waals surface area contributed by atoms with Gasteiger partial charge in [0.15, 0.2) is 0 Å². The minimum Gasteiger partial charge on any atom is -0.468 e. The summed E-state index contributed by atoms with van der Waals surface area (Å²) in [6, 6.07) is 8.05. The number of nitrogens with two attached hydrogens (primary N) is 1. The van der Waals surface area contributed by atoms with Crippen molar-refractivity contribution in [3.05, 3.63) is 53.0 Å². The normalized spacial score (nSPS) is 10.5. The maximum Gasteiger partial charge on any atom is 0.268 e. The topological polar surface area (TPSA) is 68.3 Å². The Kier molecular flexibility index (Phi) is 4.29. The van der Waals surface area contributed by atoms with Crippen LogP contribution < -0.4 is 11.3 Å². The predicted molar refractivity (Wildman–Crippen MR) is 75.8 cm³/mol. The van der Waals surface area contributed by atoms with Crippen LogP contribution in [0.2, 0.25) is 0 Å². The zero-order valence-corrected chi connectivity index (χ0v) is 11.7. The Morgan fingerprint density at radius 3 is 2.84 bits per heavy atom. The highest BCUT2D eigenvalue weighted by molar-refractivity contribution is 7.98. The second-order valence-electron chi connectivity index (χ2n) is 4.33. The van der Waals surface area contributed by atoms with Crippen LogP contribution in [0.5, 0.6) is 0 Å². The van der Waals surface area contributed by atoms with E-state index in [1.807, 2.05) is 0 Å². The van der Waals surface area contributed by atoms with Crippen molar-refractivity contribution in [2.24, 2.45) is 5.84 Å². The summed E-state index contributed by atoms with van der Waals surface area (Å²) in [7, 11) is 0. The van der Waals surface area contributed by atoms with E-state index >= 15 is 0 Å². The first-order valence-electron chi connectivity index (χ1n) is 5.88. The van der Waals surface area contributed by atoms with E-state index in [-0.39, 0.29) is 5.91 Å². The van der Waals surface area contributed by atoms with E-state index in [0.29, 0.717) is 11.3 Å². The molecule has 0 saturated heterocycles. The number of nitrogen functional groups attached to an aromatic ring is 1. The Morgan fingerprint density at radius 1 is 1.37 bits per heavy atom. The molecule has 0 bridgehead atoms. The zero-order valence-electron chi connectivity index (χ0n) is 10.9. The smallest absolute Gasteiger partial charge is 0.268 e. The quantitative estimate of drug-likeness (QED) is 0.390. The number of hydrazine groups is 1. The Hall–Kier alpha value is -1.72. The average molecular weight is 276 g/mol. The molecule has 2 rings (SSSR count). The molecule has 5 heteroatoms. The minimum atomic E-state index is -0.341. The number of benzene rings is 1. The lowest BCUT2D eigenvalue weighted by Gasteiger charge is -2.05. The third-order valence-corrected chi connectivity index (χ3v) is 3.95. The second-order valence-corrected chi connectivity index (χ2v) is 5.35. The van der Waals surface area contributed by atoms with E-state index in [1.165, 1.54) is 22.3 Å². The van der Waals surface area contributed by atoms with Gasteiger partial charge >= 0.3 is 0 Å². The lowest BCUT2D eigenvalue weighted by Crippen LogP contribution is -2.29. The molecule has 19 heavy (non-hydrogen) atoms. The lowest BCUT2D eigenvalue weighted by atomic mass is 10.2. The van der Waals surface area contributed by atoms with Crippen molar-refractivity contribution in [2.45, 2.75) is 24.5 Å². The van der Waals surface area contributed by atoms with E-state index in [2.05, 4.69) is 37.5 Å². The standard InChI is InChI=1S/C14H16N2O2S/c1-9-3-4-13(10(2)5-9)19-8-12-6-11(7-18-12)14(17)16-15/h3-7H,8,15H2,1-2H3,(H,16,17). The van der Waals surface area contributed by atoms with Crippen molar-refractivity contribution in [3.63, 3.8) is 0 Å². The van der Waals surface area contributed by atoms with Crippen molar-refractivity contribution in [2.75, 3.05) is 0 Å². The van der Waals surface area contributed by atoms with Gasteiger partial charge in [0.25, 0.3) is 5.91 Å². The number of aryl methyl sites for hydroxylation is 2. The molecule has 0 aliphatic carbocycles. The van der Waals surface area contributed by atoms with Crippen molar-refractivity contribution >= 4 is 17.7 Å². The summed E-state index contributed by atoms with van der Waals surface area (Å²) in [6.07, 6.45) is 1.42. The summed E-state index contributed by atoms with van der Waals surface area (Å²) in [5, 5.41) is 0. The fourth-order valence-electron chi connectivity index (χ4n) is 1.77. The molecule has 0 fully saturated rings. The number of carbonyl (C=O) groups excluding carboxylic acids is 1. The fourth-order valence-corrected chi connectivity index (χ4v) is 2.67. The molecule has 1 heterocycles. The van der Waals surface area contributed by atoms with Gasteiger partial charge in [0, 0.05) is 4.90 Å². The number of nitrogens with one attached hydrogen (secondary N) is 1. The van der Waals surface area contributed by atoms with Crippen LogP contribution in [0.25, 0.3) is 0 Å². The molecule has 0 aliphatic rings. The van der Waals surface area contributed by atoms with Crippen LogP contribution in [-0.2, 0) is 5.75 Å². The van der Waals surface area contributed by atoms with Crippen LogP contribution >= 0.6 is 11.8 Å². The van der Waals surface area contributed by atoms with E-state index in [9.17, 15) is 4.79 Å². The molecule has 0 aliphatic heterocycles. The van der Waals surface area contributed by atoms with Gasteiger partial charge in [0.05, 0.1) is 11.3 Å². The largest absolute Gasteiger partial charge is 0.468 e. The van der Waals surface area contributed by atoms with Crippen LogP contribution in [0, 0.1) is 13.8 Å². The van der Waals surface area contributed by atoms with Gasteiger partial charge in [-0.05, 0) is 31.5 Å². The monoisotopic (exact) mass is 276 g/mol. The number of rotatable bonds is 4. The summed E-state index contributed by atoms with van der Waals surface area (Å²) in [5.41, 5.74) is 5.02. The molecule has 1 aromatic heterocycles.